The Kier molecular flexibility index (Phi) is 4.25. The SMILES string of the molecule is CC1(C)CCC=CCN1C(=O)OCc1ccccc1. The van der Waals surface area contributed by atoms with Crippen LogP contribution in [0.3, 0.4) is 0 Å². The van der Waals surface area contributed by atoms with E-state index in [1.165, 1.54) is 0 Å². The highest BCUT2D eigenvalue weighted by Crippen LogP contribution is 2.24. The van der Waals surface area contributed by atoms with Crippen LogP contribution in [-0.2, 0) is 11.3 Å². The topological polar surface area (TPSA) is 29.5 Å². The lowest BCUT2D eigenvalue weighted by Crippen LogP contribution is -2.47. The highest BCUT2D eigenvalue weighted by Gasteiger charge is 2.31. The van der Waals surface area contributed by atoms with Gasteiger partial charge in [0.25, 0.3) is 0 Å². The summed E-state index contributed by atoms with van der Waals surface area (Å²) in [6, 6.07) is 9.76. The number of hydrogen-bond acceptors (Lipinski definition) is 2. The second-order valence-electron chi connectivity index (χ2n) is 5.47. The van der Waals surface area contributed by atoms with Crippen molar-refractivity contribution in [1.29, 1.82) is 0 Å². The predicted molar refractivity (Wildman–Crippen MR) is 75.8 cm³/mol. The monoisotopic (exact) mass is 259 g/mol. The van der Waals surface area contributed by atoms with E-state index in [2.05, 4.69) is 19.9 Å². The number of hydrogen-bond donors (Lipinski definition) is 0. The quantitative estimate of drug-likeness (QED) is 0.757. The molecule has 1 aliphatic rings. The molecule has 0 spiro atoms. The first-order valence-electron chi connectivity index (χ1n) is 6.73. The minimum Gasteiger partial charge on any atom is -0.445 e. The fourth-order valence-corrected chi connectivity index (χ4v) is 2.24. The zero-order chi connectivity index (χ0) is 13.7. The first-order chi connectivity index (χ1) is 9.09. The number of carbonyl (C=O) groups excluding carboxylic acids is 1. The molecule has 3 heteroatoms. The van der Waals surface area contributed by atoms with Crippen molar-refractivity contribution >= 4 is 6.09 Å². The van der Waals surface area contributed by atoms with Crippen molar-refractivity contribution in [2.45, 2.75) is 38.8 Å². The molecule has 0 N–H and O–H groups in total. The molecule has 0 radical (unpaired) electrons. The summed E-state index contributed by atoms with van der Waals surface area (Å²) in [5.41, 5.74) is 0.857. The summed E-state index contributed by atoms with van der Waals surface area (Å²) >= 11 is 0. The van der Waals surface area contributed by atoms with E-state index >= 15 is 0 Å². The van der Waals surface area contributed by atoms with Crippen molar-refractivity contribution in [2.24, 2.45) is 0 Å². The van der Waals surface area contributed by atoms with Crippen LogP contribution in [0.15, 0.2) is 42.5 Å². The van der Waals surface area contributed by atoms with Gasteiger partial charge in [0.15, 0.2) is 0 Å². The maximum atomic E-state index is 12.2. The molecule has 0 unspecified atom stereocenters. The molecule has 3 nitrogen and oxygen atoms in total. The van der Waals surface area contributed by atoms with Crippen LogP contribution in [0.1, 0.15) is 32.3 Å². The molecule has 0 atom stereocenters. The minimum absolute atomic E-state index is 0.155. The number of ether oxygens (including phenoxy) is 1. The Bertz CT molecular complexity index is 451. The Balaban J connectivity index is 1.96. The largest absolute Gasteiger partial charge is 0.445 e. The second kappa shape index (κ2) is 5.91. The number of rotatable bonds is 2. The summed E-state index contributed by atoms with van der Waals surface area (Å²) in [6.45, 7) is 5.13. The predicted octanol–water partition coefficient (Wildman–Crippen LogP) is 3.75. The number of allylic oxidation sites excluding steroid dienone is 1. The Morgan fingerprint density at radius 2 is 2.00 bits per heavy atom. The molecule has 102 valence electrons. The third kappa shape index (κ3) is 3.60. The molecule has 1 heterocycles. The van der Waals surface area contributed by atoms with E-state index in [0.29, 0.717) is 13.2 Å². The average molecular weight is 259 g/mol. The fraction of sp³-hybridized carbons (Fsp3) is 0.438. The summed E-state index contributed by atoms with van der Waals surface area (Å²) in [6.07, 6.45) is 5.91. The van der Waals surface area contributed by atoms with Gasteiger partial charge in [0.05, 0.1) is 0 Å². The standard InChI is InChI=1S/C16H21NO2/c1-16(2)11-7-4-8-12-17(16)15(18)19-13-14-9-5-3-6-10-14/h3-6,8-10H,7,11-13H2,1-2H3. The van der Waals surface area contributed by atoms with Crippen LogP contribution in [-0.4, -0.2) is 23.1 Å². The van der Waals surface area contributed by atoms with Gasteiger partial charge in [0.1, 0.15) is 6.61 Å². The smallest absolute Gasteiger partial charge is 0.410 e. The molecule has 1 aromatic rings. The van der Waals surface area contributed by atoms with Gasteiger partial charge in [-0.15, -0.1) is 0 Å². The molecule has 1 aromatic carbocycles. The first kappa shape index (κ1) is 13.7. The molecule has 0 aromatic heterocycles. The lowest BCUT2D eigenvalue weighted by molar-refractivity contribution is 0.0619. The van der Waals surface area contributed by atoms with Crippen LogP contribution in [0, 0.1) is 0 Å². The van der Waals surface area contributed by atoms with E-state index in [1.54, 1.807) is 4.90 Å². The number of carbonyl (C=O) groups is 1. The number of benzene rings is 1. The maximum Gasteiger partial charge on any atom is 0.410 e. The first-order valence-corrected chi connectivity index (χ1v) is 6.73. The zero-order valence-corrected chi connectivity index (χ0v) is 11.6. The highest BCUT2D eigenvalue weighted by atomic mass is 16.6. The summed E-state index contributed by atoms with van der Waals surface area (Å²) in [5.74, 6) is 0. The second-order valence-corrected chi connectivity index (χ2v) is 5.47. The van der Waals surface area contributed by atoms with E-state index < -0.39 is 0 Å². The Labute approximate surface area is 114 Å². The van der Waals surface area contributed by atoms with Crippen LogP contribution in [0.25, 0.3) is 0 Å². The van der Waals surface area contributed by atoms with Crippen molar-refractivity contribution in [1.82, 2.24) is 4.90 Å². The third-order valence-corrected chi connectivity index (χ3v) is 3.53. The summed E-state index contributed by atoms with van der Waals surface area (Å²) in [5, 5.41) is 0. The molecule has 1 aliphatic heterocycles. The van der Waals surface area contributed by atoms with Crippen LogP contribution in [0.2, 0.25) is 0 Å². The molecule has 0 saturated heterocycles. The van der Waals surface area contributed by atoms with E-state index in [-0.39, 0.29) is 11.6 Å². The lowest BCUT2D eigenvalue weighted by Gasteiger charge is -2.36. The molecule has 2 rings (SSSR count). The number of amides is 1. The van der Waals surface area contributed by atoms with Gasteiger partial charge in [-0.1, -0.05) is 42.5 Å². The molecule has 0 fully saturated rings. The Hall–Kier alpha value is -1.77. The Morgan fingerprint density at radius 1 is 1.26 bits per heavy atom. The minimum atomic E-state index is -0.236. The van der Waals surface area contributed by atoms with Crippen molar-refractivity contribution in [3.8, 4) is 0 Å². The molecule has 0 bridgehead atoms. The van der Waals surface area contributed by atoms with Gasteiger partial charge in [0.2, 0.25) is 0 Å². The molecule has 0 saturated carbocycles. The van der Waals surface area contributed by atoms with Crippen molar-refractivity contribution in [2.75, 3.05) is 6.54 Å². The fourth-order valence-electron chi connectivity index (χ4n) is 2.24. The van der Waals surface area contributed by atoms with E-state index in [1.807, 2.05) is 36.4 Å². The summed E-state index contributed by atoms with van der Waals surface area (Å²) < 4.78 is 5.41. The normalized spacial score (nSPS) is 17.9. The van der Waals surface area contributed by atoms with Crippen molar-refractivity contribution < 1.29 is 9.53 Å². The average Bonchev–Trinajstić information content (AvgIpc) is 2.58. The van der Waals surface area contributed by atoms with Gasteiger partial charge in [0, 0.05) is 12.1 Å². The van der Waals surface area contributed by atoms with Crippen LogP contribution in [0.5, 0.6) is 0 Å². The highest BCUT2D eigenvalue weighted by molar-refractivity contribution is 5.69. The summed E-state index contributed by atoms with van der Waals surface area (Å²) in [7, 11) is 0. The van der Waals surface area contributed by atoms with Gasteiger partial charge in [-0.05, 0) is 32.3 Å². The van der Waals surface area contributed by atoms with Gasteiger partial charge in [-0.3, -0.25) is 4.90 Å². The van der Waals surface area contributed by atoms with Crippen molar-refractivity contribution in [3.63, 3.8) is 0 Å². The van der Waals surface area contributed by atoms with E-state index in [4.69, 9.17) is 4.74 Å². The molecular formula is C16H21NO2. The van der Waals surface area contributed by atoms with Crippen LogP contribution < -0.4 is 0 Å². The van der Waals surface area contributed by atoms with E-state index in [9.17, 15) is 4.79 Å². The maximum absolute atomic E-state index is 12.2. The summed E-state index contributed by atoms with van der Waals surface area (Å²) in [4.78, 5) is 14.0. The van der Waals surface area contributed by atoms with E-state index in [0.717, 1.165) is 18.4 Å². The van der Waals surface area contributed by atoms with Gasteiger partial charge < -0.3 is 4.74 Å². The molecule has 1 amide bonds. The van der Waals surface area contributed by atoms with Gasteiger partial charge >= 0.3 is 6.09 Å². The zero-order valence-electron chi connectivity index (χ0n) is 11.6. The van der Waals surface area contributed by atoms with Gasteiger partial charge in [-0.25, -0.2) is 4.79 Å². The molecular weight excluding hydrogens is 238 g/mol. The molecule has 19 heavy (non-hydrogen) atoms. The molecule has 0 aliphatic carbocycles. The Morgan fingerprint density at radius 3 is 2.74 bits per heavy atom. The van der Waals surface area contributed by atoms with Crippen LogP contribution in [0.4, 0.5) is 4.79 Å². The third-order valence-electron chi connectivity index (χ3n) is 3.53. The number of nitrogens with zero attached hydrogens (tertiary/aromatic N) is 1. The lowest BCUT2D eigenvalue weighted by atomic mass is 9.98. The van der Waals surface area contributed by atoms with Crippen molar-refractivity contribution in [3.05, 3.63) is 48.0 Å². The van der Waals surface area contributed by atoms with Gasteiger partial charge in [-0.2, -0.15) is 0 Å². The van der Waals surface area contributed by atoms with Crippen LogP contribution >= 0.6 is 0 Å².